The van der Waals surface area contributed by atoms with Gasteiger partial charge in [-0.3, -0.25) is 0 Å². The topological polar surface area (TPSA) is 88.5 Å². The smallest absolute Gasteiger partial charge is 0.223 e. The zero-order valence-corrected chi connectivity index (χ0v) is 14.1. The van der Waals surface area contributed by atoms with Gasteiger partial charge >= 0.3 is 0 Å². The molecule has 3 aromatic rings. The molecule has 0 atom stereocenters. The highest BCUT2D eigenvalue weighted by molar-refractivity contribution is 5.82. The predicted molar refractivity (Wildman–Crippen MR) is 91.6 cm³/mol. The maximum atomic E-state index is 5.91. The monoisotopic (exact) mass is 327 g/mol. The zero-order valence-electron chi connectivity index (χ0n) is 14.1. The number of hydrogen-bond donors (Lipinski definition) is 2. The largest absolute Gasteiger partial charge is 0.459 e. The van der Waals surface area contributed by atoms with Gasteiger partial charge in [0.1, 0.15) is 17.9 Å². The van der Waals surface area contributed by atoms with Gasteiger partial charge in [0, 0.05) is 24.4 Å². The van der Waals surface area contributed by atoms with Crippen molar-refractivity contribution in [2.24, 2.45) is 4.99 Å². The van der Waals surface area contributed by atoms with Crippen molar-refractivity contribution >= 4 is 16.9 Å². The quantitative estimate of drug-likeness (QED) is 0.553. The van der Waals surface area contributed by atoms with Gasteiger partial charge in [0.05, 0.1) is 6.54 Å². The van der Waals surface area contributed by atoms with E-state index in [1.807, 2.05) is 25.1 Å². The van der Waals surface area contributed by atoms with Crippen LogP contribution >= 0.6 is 0 Å². The van der Waals surface area contributed by atoms with E-state index in [2.05, 4.69) is 38.8 Å². The summed E-state index contributed by atoms with van der Waals surface area (Å²) in [5, 5.41) is 11.4. The summed E-state index contributed by atoms with van der Waals surface area (Å²) in [5.41, 5.74) is 2.04. The molecule has 7 nitrogen and oxygen atoms in total. The van der Waals surface area contributed by atoms with E-state index in [4.69, 9.17) is 8.94 Å². The number of nitrogens with zero attached hydrogens (tertiary/aromatic N) is 3. The molecule has 2 aromatic heterocycles. The zero-order chi connectivity index (χ0) is 16.9. The Labute approximate surface area is 140 Å². The molecule has 0 amide bonds. The molecular formula is C17H21N5O2. The molecular weight excluding hydrogens is 306 g/mol. The van der Waals surface area contributed by atoms with E-state index in [9.17, 15) is 0 Å². The van der Waals surface area contributed by atoms with Crippen molar-refractivity contribution < 1.29 is 8.94 Å². The van der Waals surface area contributed by atoms with Crippen molar-refractivity contribution in [1.82, 2.24) is 20.8 Å². The molecule has 0 saturated heterocycles. The Morgan fingerprint density at radius 2 is 2.04 bits per heavy atom. The number of aromatic nitrogens is 2. The number of hydrogen-bond acceptors (Lipinski definition) is 5. The van der Waals surface area contributed by atoms with Crippen molar-refractivity contribution in [3.05, 3.63) is 47.3 Å². The van der Waals surface area contributed by atoms with E-state index in [-0.39, 0.29) is 0 Å². The van der Waals surface area contributed by atoms with Crippen LogP contribution in [0.25, 0.3) is 11.0 Å². The van der Waals surface area contributed by atoms with Crippen LogP contribution < -0.4 is 10.6 Å². The van der Waals surface area contributed by atoms with Gasteiger partial charge in [-0.1, -0.05) is 23.4 Å². The van der Waals surface area contributed by atoms with Gasteiger partial charge in [-0.25, -0.2) is 4.99 Å². The first-order valence-corrected chi connectivity index (χ1v) is 7.95. The molecule has 2 heterocycles. The van der Waals surface area contributed by atoms with Crippen LogP contribution in [-0.4, -0.2) is 22.6 Å². The highest BCUT2D eigenvalue weighted by Crippen LogP contribution is 2.24. The fourth-order valence-corrected chi connectivity index (χ4v) is 2.45. The van der Waals surface area contributed by atoms with E-state index in [1.165, 1.54) is 0 Å². The van der Waals surface area contributed by atoms with Crippen molar-refractivity contribution in [3.8, 4) is 0 Å². The average molecular weight is 327 g/mol. The fourth-order valence-electron chi connectivity index (χ4n) is 2.45. The minimum atomic E-state index is 0.353. The maximum absolute atomic E-state index is 5.91. The molecule has 24 heavy (non-hydrogen) atoms. The maximum Gasteiger partial charge on any atom is 0.223 e. The van der Waals surface area contributed by atoms with Gasteiger partial charge in [0.15, 0.2) is 11.8 Å². The van der Waals surface area contributed by atoms with Gasteiger partial charge in [-0.05, 0) is 19.9 Å². The molecule has 126 valence electrons. The highest BCUT2D eigenvalue weighted by atomic mass is 16.5. The molecule has 0 radical (unpaired) electrons. The molecule has 1 aromatic carbocycles. The number of guanidine groups is 1. The molecule has 0 fully saturated rings. The number of aryl methyl sites for hydroxylation is 2. The molecule has 0 spiro atoms. The summed E-state index contributed by atoms with van der Waals surface area (Å²) >= 11 is 0. The van der Waals surface area contributed by atoms with Crippen LogP contribution in [0, 0.1) is 13.8 Å². The second-order valence-corrected chi connectivity index (χ2v) is 5.42. The Balaban J connectivity index is 1.69. The third kappa shape index (κ3) is 3.56. The third-order valence-corrected chi connectivity index (χ3v) is 3.65. The lowest BCUT2D eigenvalue weighted by molar-refractivity contribution is 0.387. The molecule has 0 aliphatic carbocycles. The summed E-state index contributed by atoms with van der Waals surface area (Å²) in [6, 6.07) is 8.03. The lowest BCUT2D eigenvalue weighted by Gasteiger charge is -2.10. The molecule has 2 N–H and O–H groups in total. The molecule has 7 heteroatoms. The Hall–Kier alpha value is -2.83. The lowest BCUT2D eigenvalue weighted by atomic mass is 10.1. The second-order valence-electron chi connectivity index (χ2n) is 5.42. The van der Waals surface area contributed by atoms with Gasteiger partial charge in [-0.2, -0.15) is 4.98 Å². The summed E-state index contributed by atoms with van der Waals surface area (Å²) in [6.07, 6.45) is 0. The van der Waals surface area contributed by atoms with Gasteiger partial charge < -0.3 is 19.6 Å². The second kappa shape index (κ2) is 7.16. The predicted octanol–water partition coefficient (Wildman–Crippen LogP) is 2.69. The molecule has 0 saturated carbocycles. The summed E-state index contributed by atoms with van der Waals surface area (Å²) in [4.78, 5) is 8.61. The summed E-state index contributed by atoms with van der Waals surface area (Å²) in [5.74, 6) is 2.68. The summed E-state index contributed by atoms with van der Waals surface area (Å²) < 4.78 is 10.9. The van der Waals surface area contributed by atoms with E-state index < -0.39 is 0 Å². The molecule has 0 aliphatic heterocycles. The molecule has 0 aliphatic rings. The molecule has 3 rings (SSSR count). The lowest BCUT2D eigenvalue weighted by Crippen LogP contribution is -2.36. The van der Waals surface area contributed by atoms with E-state index in [1.54, 1.807) is 6.92 Å². The number of nitrogens with one attached hydrogen (secondary N) is 2. The molecule has 0 unspecified atom stereocenters. The van der Waals surface area contributed by atoms with Crippen LogP contribution in [0.2, 0.25) is 0 Å². The van der Waals surface area contributed by atoms with Crippen LogP contribution in [0.4, 0.5) is 0 Å². The number of benzene rings is 1. The van der Waals surface area contributed by atoms with Crippen LogP contribution in [0.3, 0.4) is 0 Å². The number of fused-ring (bicyclic) bond motifs is 1. The number of para-hydroxylation sites is 1. The first-order valence-electron chi connectivity index (χ1n) is 7.95. The Morgan fingerprint density at radius 3 is 2.75 bits per heavy atom. The van der Waals surface area contributed by atoms with Crippen molar-refractivity contribution in [2.75, 3.05) is 6.54 Å². The van der Waals surface area contributed by atoms with Crippen LogP contribution in [0.5, 0.6) is 0 Å². The number of furan rings is 1. The Kier molecular flexibility index (Phi) is 4.79. The Bertz CT molecular complexity index is 850. The van der Waals surface area contributed by atoms with Gasteiger partial charge in [0.2, 0.25) is 5.89 Å². The first kappa shape index (κ1) is 16.0. The summed E-state index contributed by atoms with van der Waals surface area (Å²) in [7, 11) is 0. The first-order chi connectivity index (χ1) is 11.7. The van der Waals surface area contributed by atoms with E-state index >= 15 is 0 Å². The minimum Gasteiger partial charge on any atom is -0.459 e. The Morgan fingerprint density at radius 1 is 1.21 bits per heavy atom. The van der Waals surface area contributed by atoms with Crippen molar-refractivity contribution in [1.29, 1.82) is 0 Å². The fraction of sp³-hybridized carbons (Fsp3) is 0.353. The van der Waals surface area contributed by atoms with Crippen LogP contribution in [-0.2, 0) is 13.1 Å². The molecule has 0 bridgehead atoms. The normalized spacial score (nSPS) is 11.9. The van der Waals surface area contributed by atoms with Gasteiger partial charge in [-0.15, -0.1) is 0 Å². The summed E-state index contributed by atoms with van der Waals surface area (Å²) in [6.45, 7) is 7.50. The van der Waals surface area contributed by atoms with Gasteiger partial charge in [0.25, 0.3) is 0 Å². The number of rotatable bonds is 5. The van der Waals surface area contributed by atoms with E-state index in [0.717, 1.165) is 28.8 Å². The number of aliphatic imine (C=N–C) groups is 1. The SMILES string of the molecule is CCNC(=NCc1noc(C)n1)NCc1oc2ccccc2c1C. The third-order valence-electron chi connectivity index (χ3n) is 3.65. The van der Waals surface area contributed by atoms with Crippen LogP contribution in [0.1, 0.15) is 30.0 Å². The van der Waals surface area contributed by atoms with Crippen molar-refractivity contribution in [2.45, 2.75) is 33.9 Å². The van der Waals surface area contributed by atoms with Crippen LogP contribution in [0.15, 0.2) is 38.2 Å². The van der Waals surface area contributed by atoms with Crippen molar-refractivity contribution in [3.63, 3.8) is 0 Å². The highest BCUT2D eigenvalue weighted by Gasteiger charge is 2.10. The average Bonchev–Trinajstić information content (AvgIpc) is 3.14. The van der Waals surface area contributed by atoms with E-state index in [0.29, 0.717) is 30.8 Å². The minimum absolute atomic E-state index is 0.353. The standard InChI is InChI=1S/C17H21N5O2/c1-4-18-17(20-10-16-21-12(3)24-22-16)19-9-15-11(2)13-7-5-6-8-14(13)23-15/h5-8H,4,9-10H2,1-3H3,(H2,18,19,20).